The Hall–Kier alpha value is -3.07. The predicted molar refractivity (Wildman–Crippen MR) is 102 cm³/mol. The van der Waals surface area contributed by atoms with Crippen LogP contribution in [0.3, 0.4) is 0 Å². The number of fused-ring (bicyclic) bond motifs is 1. The zero-order valence-corrected chi connectivity index (χ0v) is 15.4. The molecule has 1 fully saturated rings. The smallest absolute Gasteiger partial charge is 0.343 e. The van der Waals surface area contributed by atoms with Crippen LogP contribution in [0.1, 0.15) is 16.7 Å². The van der Waals surface area contributed by atoms with Crippen molar-refractivity contribution in [3.8, 4) is 0 Å². The lowest BCUT2D eigenvalue weighted by molar-refractivity contribution is -0.138. The van der Waals surface area contributed by atoms with Gasteiger partial charge in [-0.15, -0.1) is 0 Å². The van der Waals surface area contributed by atoms with Gasteiger partial charge in [0, 0.05) is 23.6 Å². The second-order valence-corrected chi connectivity index (χ2v) is 7.43. The van der Waals surface area contributed by atoms with Crippen LogP contribution in [0.4, 0.5) is 22.4 Å². The molecule has 9 heteroatoms. The fourth-order valence-electron chi connectivity index (χ4n) is 3.15. The van der Waals surface area contributed by atoms with Gasteiger partial charge in [0.15, 0.2) is 0 Å². The highest BCUT2D eigenvalue weighted by atomic mass is 32.2. The average molecular weight is 420 g/mol. The Morgan fingerprint density at radius 3 is 2.55 bits per heavy atom. The van der Waals surface area contributed by atoms with Crippen LogP contribution in [0.2, 0.25) is 0 Å². The van der Waals surface area contributed by atoms with E-state index < -0.39 is 28.7 Å². The van der Waals surface area contributed by atoms with Gasteiger partial charge in [-0.3, -0.25) is 14.9 Å². The summed E-state index contributed by atoms with van der Waals surface area (Å²) < 4.78 is 54.7. The van der Waals surface area contributed by atoms with Crippen molar-refractivity contribution in [1.29, 1.82) is 0 Å². The number of rotatable bonds is 3. The molecule has 0 aliphatic carbocycles. The topological polar surface area (TPSA) is 51.1 Å². The summed E-state index contributed by atoms with van der Waals surface area (Å²) >= 11 is 0.805. The quantitative estimate of drug-likeness (QED) is 0.470. The van der Waals surface area contributed by atoms with Crippen molar-refractivity contribution in [1.82, 2.24) is 9.88 Å². The highest BCUT2D eigenvalue weighted by Gasteiger charge is 2.33. The second-order valence-electron chi connectivity index (χ2n) is 6.41. The van der Waals surface area contributed by atoms with Crippen molar-refractivity contribution >= 4 is 39.9 Å². The number of carbonyl (C=O) groups is 2. The average Bonchev–Trinajstić information content (AvgIpc) is 3.18. The van der Waals surface area contributed by atoms with Gasteiger partial charge in [-0.1, -0.05) is 12.1 Å². The maximum Gasteiger partial charge on any atom is 0.416 e. The predicted octanol–water partition coefficient (Wildman–Crippen LogP) is 5.17. The first-order valence-corrected chi connectivity index (χ1v) is 9.22. The summed E-state index contributed by atoms with van der Waals surface area (Å²) in [5.74, 6) is -1.41. The number of halogens is 4. The van der Waals surface area contributed by atoms with E-state index in [0.29, 0.717) is 17.1 Å². The lowest BCUT2D eigenvalue weighted by atomic mass is 10.1. The normalized spacial score (nSPS) is 16.1. The third kappa shape index (κ3) is 3.91. The van der Waals surface area contributed by atoms with E-state index in [1.165, 1.54) is 0 Å². The number of nitrogens with zero attached hydrogens (tertiary/aromatic N) is 1. The molecule has 1 aliphatic rings. The van der Waals surface area contributed by atoms with Gasteiger partial charge >= 0.3 is 6.18 Å². The minimum Gasteiger partial charge on any atom is -0.343 e. The van der Waals surface area contributed by atoms with E-state index in [0.717, 1.165) is 29.3 Å². The zero-order chi connectivity index (χ0) is 20.8. The summed E-state index contributed by atoms with van der Waals surface area (Å²) in [5.41, 5.74) is 0.319. The molecule has 0 radical (unpaired) electrons. The molecule has 1 aliphatic heterocycles. The van der Waals surface area contributed by atoms with E-state index in [-0.39, 0.29) is 17.0 Å². The van der Waals surface area contributed by atoms with Crippen LogP contribution < -0.4 is 5.32 Å². The van der Waals surface area contributed by atoms with Gasteiger partial charge < -0.3 is 4.57 Å². The summed E-state index contributed by atoms with van der Waals surface area (Å²) in [7, 11) is 0. The SMILES string of the molecule is O=C1NC(=O)/C(=C/c2ccc3c(ccn3Cc3ccc(F)cc3C(F)(F)F)c2)S1. The van der Waals surface area contributed by atoms with Crippen LogP contribution in [0, 0.1) is 5.82 Å². The van der Waals surface area contributed by atoms with Crippen molar-refractivity contribution < 1.29 is 27.2 Å². The van der Waals surface area contributed by atoms with Gasteiger partial charge in [-0.25, -0.2) is 4.39 Å². The molecule has 1 saturated heterocycles. The number of nitrogens with one attached hydrogen (secondary N) is 1. The fourth-order valence-corrected chi connectivity index (χ4v) is 3.83. The first-order chi connectivity index (χ1) is 13.7. The molecule has 0 unspecified atom stereocenters. The molecule has 4 nitrogen and oxygen atoms in total. The lowest BCUT2D eigenvalue weighted by Gasteiger charge is -2.14. The van der Waals surface area contributed by atoms with Gasteiger partial charge in [0.25, 0.3) is 11.1 Å². The Balaban J connectivity index is 1.67. The summed E-state index contributed by atoms with van der Waals surface area (Å²) in [6.45, 7) is -0.0776. The van der Waals surface area contributed by atoms with Crippen LogP contribution in [-0.2, 0) is 17.5 Å². The summed E-state index contributed by atoms with van der Waals surface area (Å²) in [6.07, 6.45) is -1.44. The van der Waals surface area contributed by atoms with E-state index in [1.54, 1.807) is 41.1 Å². The van der Waals surface area contributed by atoms with Gasteiger partial charge in [0.05, 0.1) is 10.5 Å². The Morgan fingerprint density at radius 1 is 1.07 bits per heavy atom. The molecule has 3 aromatic rings. The molecule has 0 saturated carbocycles. The maximum atomic E-state index is 13.3. The van der Waals surface area contributed by atoms with Crippen molar-refractivity contribution in [2.45, 2.75) is 12.7 Å². The van der Waals surface area contributed by atoms with Crippen LogP contribution in [0.15, 0.2) is 53.6 Å². The summed E-state index contributed by atoms with van der Waals surface area (Å²) in [6, 6.07) is 9.57. The van der Waals surface area contributed by atoms with Crippen molar-refractivity contribution in [3.63, 3.8) is 0 Å². The minimum absolute atomic E-state index is 0.0415. The van der Waals surface area contributed by atoms with E-state index in [1.807, 2.05) is 0 Å². The Bertz CT molecular complexity index is 1180. The second kappa shape index (κ2) is 7.07. The third-order valence-electron chi connectivity index (χ3n) is 4.45. The number of carbonyl (C=O) groups excluding carboxylic acids is 2. The summed E-state index contributed by atoms with van der Waals surface area (Å²) in [5, 5.41) is 2.49. The number of thioether (sulfide) groups is 1. The molecule has 0 bridgehead atoms. The number of benzene rings is 2. The van der Waals surface area contributed by atoms with Gasteiger partial charge in [0.2, 0.25) is 0 Å². The molecule has 0 atom stereocenters. The highest BCUT2D eigenvalue weighted by molar-refractivity contribution is 8.18. The lowest BCUT2D eigenvalue weighted by Crippen LogP contribution is -2.17. The largest absolute Gasteiger partial charge is 0.416 e. The molecular weight excluding hydrogens is 408 g/mol. The molecule has 1 N–H and O–H groups in total. The first-order valence-electron chi connectivity index (χ1n) is 8.40. The molecule has 148 valence electrons. The molecule has 2 heterocycles. The zero-order valence-electron chi connectivity index (χ0n) is 14.6. The van der Waals surface area contributed by atoms with Gasteiger partial charge in [-0.2, -0.15) is 13.2 Å². The fraction of sp³-hybridized carbons (Fsp3) is 0.100. The summed E-state index contributed by atoms with van der Waals surface area (Å²) in [4.78, 5) is 23.2. The molecule has 29 heavy (non-hydrogen) atoms. The molecule has 4 rings (SSSR count). The third-order valence-corrected chi connectivity index (χ3v) is 5.26. The number of aromatic nitrogens is 1. The van der Waals surface area contributed by atoms with Crippen molar-refractivity contribution in [3.05, 3.63) is 76.1 Å². The highest BCUT2D eigenvalue weighted by Crippen LogP contribution is 2.33. The number of hydrogen-bond acceptors (Lipinski definition) is 3. The van der Waals surface area contributed by atoms with Gasteiger partial charge in [-0.05, 0) is 59.3 Å². The van der Waals surface area contributed by atoms with E-state index >= 15 is 0 Å². The van der Waals surface area contributed by atoms with Crippen LogP contribution >= 0.6 is 11.8 Å². The van der Waals surface area contributed by atoms with Crippen molar-refractivity contribution in [2.75, 3.05) is 0 Å². The Morgan fingerprint density at radius 2 is 1.86 bits per heavy atom. The number of imide groups is 1. The molecule has 0 spiro atoms. The number of amides is 2. The van der Waals surface area contributed by atoms with Crippen LogP contribution in [-0.4, -0.2) is 15.7 Å². The van der Waals surface area contributed by atoms with Gasteiger partial charge in [0.1, 0.15) is 5.82 Å². The maximum absolute atomic E-state index is 13.3. The Kier molecular flexibility index (Phi) is 4.70. The van der Waals surface area contributed by atoms with Crippen LogP contribution in [0.5, 0.6) is 0 Å². The first kappa shape index (κ1) is 19.3. The van der Waals surface area contributed by atoms with E-state index in [4.69, 9.17) is 0 Å². The molecule has 2 aromatic carbocycles. The van der Waals surface area contributed by atoms with Crippen molar-refractivity contribution in [2.24, 2.45) is 0 Å². The number of hydrogen-bond donors (Lipinski definition) is 1. The Labute approximate surface area is 166 Å². The molecule has 1 aromatic heterocycles. The van der Waals surface area contributed by atoms with Crippen LogP contribution in [0.25, 0.3) is 17.0 Å². The number of alkyl halides is 3. The van der Waals surface area contributed by atoms with E-state index in [2.05, 4.69) is 5.32 Å². The van der Waals surface area contributed by atoms with E-state index in [9.17, 15) is 27.2 Å². The molecule has 2 amide bonds. The molecular formula is C20H12F4N2O2S. The standard InChI is InChI=1S/C20H12F4N2O2S/c21-14-3-2-13(15(9-14)20(22,23)24)10-26-6-5-12-7-11(1-4-16(12)26)8-17-18(27)25-19(28)29-17/h1-9H,10H2,(H,25,27,28)/b17-8-. The minimum atomic E-state index is -4.66. The monoisotopic (exact) mass is 420 g/mol.